The molecule has 2 amide bonds. The molecule has 154 valence electrons. The molecule has 1 saturated heterocycles. The molecule has 1 aliphatic heterocycles. The summed E-state index contributed by atoms with van der Waals surface area (Å²) in [6.45, 7) is 0.754. The molecule has 6 nitrogen and oxygen atoms in total. The monoisotopic (exact) mass is 441 g/mol. The number of anilines is 2. The zero-order valence-corrected chi connectivity index (χ0v) is 17.9. The molecule has 1 aliphatic rings. The summed E-state index contributed by atoms with van der Waals surface area (Å²) >= 11 is 7.54. The third-order valence-corrected chi connectivity index (χ3v) is 5.94. The van der Waals surface area contributed by atoms with Gasteiger partial charge in [-0.05, 0) is 42.3 Å². The molecular formula is C22H20ClN3O3S. The van der Waals surface area contributed by atoms with Crippen LogP contribution in [0.3, 0.4) is 0 Å². The molecular weight excluding hydrogens is 422 g/mol. The van der Waals surface area contributed by atoms with Crippen LogP contribution in [0.15, 0.2) is 47.8 Å². The summed E-state index contributed by atoms with van der Waals surface area (Å²) in [6.07, 6.45) is 1.72. The fourth-order valence-corrected chi connectivity index (χ4v) is 4.35. The molecule has 2 aromatic carbocycles. The van der Waals surface area contributed by atoms with Gasteiger partial charge in [0, 0.05) is 29.6 Å². The van der Waals surface area contributed by atoms with Gasteiger partial charge in [0.15, 0.2) is 5.13 Å². The lowest BCUT2D eigenvalue weighted by Gasteiger charge is -2.15. The van der Waals surface area contributed by atoms with E-state index in [2.05, 4.69) is 10.3 Å². The molecule has 0 unspecified atom stereocenters. The minimum absolute atomic E-state index is 0.145. The number of hydrogen-bond acceptors (Lipinski definition) is 5. The highest BCUT2D eigenvalue weighted by molar-refractivity contribution is 7.14. The summed E-state index contributed by atoms with van der Waals surface area (Å²) < 4.78 is 5.17. The van der Waals surface area contributed by atoms with Gasteiger partial charge in [-0.1, -0.05) is 23.7 Å². The molecule has 3 aromatic rings. The number of rotatable bonds is 6. The SMILES string of the molecule is COc1ccc(-c2csc(NC(=O)Cc3ccc(N4CCCC4=O)cc3)n2)cc1Cl. The van der Waals surface area contributed by atoms with Gasteiger partial charge in [0.05, 0.1) is 24.2 Å². The van der Waals surface area contributed by atoms with Crippen molar-refractivity contribution in [3.8, 4) is 17.0 Å². The number of hydrogen-bond donors (Lipinski definition) is 1. The maximum Gasteiger partial charge on any atom is 0.230 e. The van der Waals surface area contributed by atoms with Crippen LogP contribution in [0.5, 0.6) is 5.75 Å². The van der Waals surface area contributed by atoms with Gasteiger partial charge in [-0.2, -0.15) is 0 Å². The highest BCUT2D eigenvalue weighted by Gasteiger charge is 2.21. The van der Waals surface area contributed by atoms with Crippen molar-refractivity contribution in [1.29, 1.82) is 0 Å². The Kier molecular flexibility index (Phi) is 6.01. The third kappa shape index (κ3) is 4.47. The second-order valence-electron chi connectivity index (χ2n) is 6.93. The molecule has 0 atom stereocenters. The molecule has 0 aliphatic carbocycles. The van der Waals surface area contributed by atoms with E-state index in [0.717, 1.165) is 35.5 Å². The predicted molar refractivity (Wildman–Crippen MR) is 119 cm³/mol. The van der Waals surface area contributed by atoms with Crippen LogP contribution in [0.25, 0.3) is 11.3 Å². The van der Waals surface area contributed by atoms with Gasteiger partial charge in [0.2, 0.25) is 11.8 Å². The van der Waals surface area contributed by atoms with Crippen LogP contribution in [0, 0.1) is 0 Å². The number of aromatic nitrogens is 1. The first kappa shape index (κ1) is 20.4. The zero-order valence-electron chi connectivity index (χ0n) is 16.4. The van der Waals surface area contributed by atoms with E-state index in [1.165, 1.54) is 11.3 Å². The first-order chi connectivity index (χ1) is 14.5. The number of carbonyl (C=O) groups excluding carboxylic acids is 2. The van der Waals surface area contributed by atoms with Gasteiger partial charge < -0.3 is 15.0 Å². The van der Waals surface area contributed by atoms with Crippen LogP contribution in [0.2, 0.25) is 5.02 Å². The van der Waals surface area contributed by atoms with Gasteiger partial charge in [-0.3, -0.25) is 9.59 Å². The Hall–Kier alpha value is -2.90. The number of ether oxygens (including phenoxy) is 1. The first-order valence-electron chi connectivity index (χ1n) is 9.52. The van der Waals surface area contributed by atoms with Crippen molar-refractivity contribution >= 4 is 45.6 Å². The average molecular weight is 442 g/mol. The fraction of sp³-hybridized carbons (Fsp3) is 0.227. The fourth-order valence-electron chi connectivity index (χ4n) is 3.35. The molecule has 0 saturated carbocycles. The summed E-state index contributed by atoms with van der Waals surface area (Å²) in [5, 5.41) is 5.75. The number of thiazole rings is 1. The molecule has 30 heavy (non-hydrogen) atoms. The molecule has 2 heterocycles. The maximum atomic E-state index is 12.4. The Morgan fingerprint density at radius 1 is 1.27 bits per heavy atom. The second kappa shape index (κ2) is 8.85. The van der Waals surface area contributed by atoms with Crippen LogP contribution in [-0.4, -0.2) is 30.5 Å². The molecule has 1 fully saturated rings. The Morgan fingerprint density at radius 2 is 2.07 bits per heavy atom. The van der Waals surface area contributed by atoms with E-state index < -0.39 is 0 Å². The lowest BCUT2D eigenvalue weighted by Crippen LogP contribution is -2.23. The van der Waals surface area contributed by atoms with E-state index in [0.29, 0.717) is 22.3 Å². The molecule has 0 radical (unpaired) electrons. The molecule has 4 rings (SSSR count). The number of methoxy groups -OCH3 is 1. The molecule has 8 heteroatoms. The standard InChI is InChI=1S/C22H20ClN3O3S/c1-29-19-9-6-15(12-17(19)23)18-13-30-22(24-18)25-20(27)11-14-4-7-16(8-5-14)26-10-2-3-21(26)28/h4-9,12-13H,2-3,10-11H2,1H3,(H,24,25,27). The Balaban J connectivity index is 1.38. The Morgan fingerprint density at radius 3 is 2.73 bits per heavy atom. The van der Waals surface area contributed by atoms with Gasteiger partial charge >= 0.3 is 0 Å². The number of nitrogens with zero attached hydrogens (tertiary/aromatic N) is 2. The van der Waals surface area contributed by atoms with Crippen molar-refractivity contribution in [3.05, 3.63) is 58.4 Å². The van der Waals surface area contributed by atoms with Crippen LogP contribution in [0.1, 0.15) is 18.4 Å². The smallest absolute Gasteiger partial charge is 0.230 e. The zero-order chi connectivity index (χ0) is 21.1. The van der Waals surface area contributed by atoms with E-state index in [4.69, 9.17) is 16.3 Å². The summed E-state index contributed by atoms with van der Waals surface area (Å²) in [4.78, 5) is 30.5. The molecule has 0 spiro atoms. The van der Waals surface area contributed by atoms with Crippen molar-refractivity contribution in [2.75, 3.05) is 23.9 Å². The lowest BCUT2D eigenvalue weighted by molar-refractivity contribution is -0.117. The summed E-state index contributed by atoms with van der Waals surface area (Å²) in [5.74, 6) is 0.608. The number of benzene rings is 2. The molecule has 0 bridgehead atoms. The molecule has 1 aromatic heterocycles. The number of amides is 2. The average Bonchev–Trinajstić information content (AvgIpc) is 3.37. The van der Waals surface area contributed by atoms with Crippen LogP contribution in [0.4, 0.5) is 10.8 Å². The summed E-state index contributed by atoms with van der Waals surface area (Å²) in [5.41, 5.74) is 3.34. The quantitative estimate of drug-likeness (QED) is 0.597. The van der Waals surface area contributed by atoms with E-state index in [-0.39, 0.29) is 18.2 Å². The van der Waals surface area contributed by atoms with Gasteiger partial charge in [-0.15, -0.1) is 11.3 Å². The number of halogens is 1. The van der Waals surface area contributed by atoms with E-state index in [1.54, 1.807) is 24.1 Å². The van der Waals surface area contributed by atoms with E-state index in [1.807, 2.05) is 35.7 Å². The highest BCUT2D eigenvalue weighted by Crippen LogP contribution is 2.31. The van der Waals surface area contributed by atoms with Crippen LogP contribution < -0.4 is 15.0 Å². The Bertz CT molecular complexity index is 1080. The maximum absolute atomic E-state index is 12.4. The van der Waals surface area contributed by atoms with Crippen LogP contribution >= 0.6 is 22.9 Å². The van der Waals surface area contributed by atoms with Crippen molar-refractivity contribution in [2.45, 2.75) is 19.3 Å². The van der Waals surface area contributed by atoms with Gasteiger partial charge in [0.1, 0.15) is 5.75 Å². The normalized spacial score (nSPS) is 13.5. The minimum Gasteiger partial charge on any atom is -0.495 e. The summed E-state index contributed by atoms with van der Waals surface area (Å²) in [7, 11) is 1.57. The predicted octanol–water partition coefficient (Wildman–Crippen LogP) is 4.78. The Labute approximate surface area is 183 Å². The molecule has 1 N–H and O–H groups in total. The number of carbonyl (C=O) groups is 2. The van der Waals surface area contributed by atoms with E-state index >= 15 is 0 Å². The second-order valence-corrected chi connectivity index (χ2v) is 8.19. The van der Waals surface area contributed by atoms with Crippen LogP contribution in [-0.2, 0) is 16.0 Å². The van der Waals surface area contributed by atoms with Gasteiger partial charge in [-0.25, -0.2) is 4.98 Å². The summed E-state index contributed by atoms with van der Waals surface area (Å²) in [6, 6.07) is 13.0. The van der Waals surface area contributed by atoms with E-state index in [9.17, 15) is 9.59 Å². The topological polar surface area (TPSA) is 71.5 Å². The highest BCUT2D eigenvalue weighted by atomic mass is 35.5. The van der Waals surface area contributed by atoms with Gasteiger partial charge in [0.25, 0.3) is 0 Å². The van der Waals surface area contributed by atoms with Crippen molar-refractivity contribution in [2.24, 2.45) is 0 Å². The minimum atomic E-state index is -0.145. The largest absolute Gasteiger partial charge is 0.495 e. The van der Waals surface area contributed by atoms with Crippen molar-refractivity contribution in [3.63, 3.8) is 0 Å². The third-order valence-electron chi connectivity index (χ3n) is 4.88. The van der Waals surface area contributed by atoms with Crippen molar-refractivity contribution in [1.82, 2.24) is 4.98 Å². The van der Waals surface area contributed by atoms with Crippen molar-refractivity contribution < 1.29 is 14.3 Å². The lowest BCUT2D eigenvalue weighted by atomic mass is 10.1. The number of nitrogens with one attached hydrogen (secondary N) is 1. The first-order valence-corrected chi connectivity index (χ1v) is 10.8.